The largest absolute Gasteiger partial charge is 0.239 e. The van der Waals surface area contributed by atoms with Crippen LogP contribution in [0.25, 0.3) is 11.4 Å². The molecule has 0 fully saturated rings. The molecule has 0 radical (unpaired) electrons. The molecule has 1 aliphatic heterocycles. The lowest BCUT2D eigenvalue weighted by molar-refractivity contribution is 0.881. The maximum atomic E-state index is 3.98. The molecule has 1 aromatic heterocycles. The maximum Gasteiger partial charge on any atom is 0.179 e. The van der Waals surface area contributed by atoms with Crippen LogP contribution in [0.15, 0.2) is 52.3 Å². The molecule has 0 spiro atoms. The summed E-state index contributed by atoms with van der Waals surface area (Å²) in [7, 11) is 0. The van der Waals surface area contributed by atoms with Gasteiger partial charge in [-0.05, 0) is 46.5 Å². The van der Waals surface area contributed by atoms with Gasteiger partial charge in [0.25, 0.3) is 0 Å². The Bertz CT molecular complexity index is 752. The second-order valence-corrected chi connectivity index (χ2v) is 5.87. The zero-order chi connectivity index (χ0) is 13.4. The van der Waals surface area contributed by atoms with Crippen molar-refractivity contribution in [2.75, 3.05) is 0 Å². The third kappa shape index (κ3) is 2.00. The Morgan fingerprint density at radius 2 is 1.80 bits per heavy atom. The number of nitrogens with zero attached hydrogens (tertiary/aromatic N) is 3. The molecule has 0 unspecified atom stereocenters. The summed E-state index contributed by atoms with van der Waals surface area (Å²) in [6.07, 6.45) is 2.17. The van der Waals surface area contributed by atoms with E-state index in [4.69, 9.17) is 0 Å². The minimum absolute atomic E-state index is 0.714. The lowest BCUT2D eigenvalue weighted by Gasteiger charge is -2.07. The van der Waals surface area contributed by atoms with Gasteiger partial charge in [-0.15, -0.1) is 5.10 Å². The van der Waals surface area contributed by atoms with E-state index in [1.54, 1.807) is 0 Å². The van der Waals surface area contributed by atoms with Crippen molar-refractivity contribution in [2.45, 2.75) is 22.6 Å². The first-order chi connectivity index (χ1) is 9.90. The van der Waals surface area contributed by atoms with Gasteiger partial charge in [-0.2, -0.15) is 0 Å². The van der Waals surface area contributed by atoms with E-state index < -0.39 is 0 Å². The molecule has 20 heavy (non-hydrogen) atoms. The van der Waals surface area contributed by atoms with Crippen LogP contribution < -0.4 is 0 Å². The number of nitrogens with one attached hydrogen (secondary N) is 1. The van der Waals surface area contributed by atoms with E-state index in [2.05, 4.69) is 63.1 Å². The number of aryl methyl sites for hydroxylation is 2. The number of hydrogen-bond donors (Lipinski definition) is 1. The van der Waals surface area contributed by atoms with Gasteiger partial charge in [0.05, 0.1) is 0 Å². The monoisotopic (exact) mass is 280 g/mol. The van der Waals surface area contributed by atoms with Crippen molar-refractivity contribution in [3.05, 3.63) is 53.6 Å². The average molecular weight is 280 g/mol. The number of hydrogen-bond acceptors (Lipinski definition) is 4. The lowest BCUT2D eigenvalue weighted by atomic mass is 10.0. The molecule has 1 N–H and O–H groups in total. The highest BCUT2D eigenvalue weighted by atomic mass is 32.2. The predicted octanol–water partition coefficient (Wildman–Crippen LogP) is 3.12. The molecule has 0 aliphatic carbocycles. The molecule has 0 saturated carbocycles. The summed E-state index contributed by atoms with van der Waals surface area (Å²) >= 11 is 1.83. The number of H-pyrrole nitrogens is 1. The summed E-state index contributed by atoms with van der Waals surface area (Å²) in [4.78, 5) is 2.64. The molecular weight excluding hydrogens is 268 g/mol. The Kier molecular flexibility index (Phi) is 2.77. The zero-order valence-corrected chi connectivity index (χ0v) is 11.5. The first-order valence-electron chi connectivity index (χ1n) is 6.53. The third-order valence-electron chi connectivity index (χ3n) is 3.54. The summed E-state index contributed by atoms with van der Waals surface area (Å²) in [5, 5.41) is 14.1. The number of fused-ring (bicyclic) bond motifs is 2. The second kappa shape index (κ2) is 4.76. The Labute approximate surface area is 120 Å². The molecule has 0 saturated heterocycles. The molecular formula is C15H12N4S. The number of rotatable bonds is 1. The minimum Gasteiger partial charge on any atom is -0.239 e. The minimum atomic E-state index is 0.714. The molecule has 1 aliphatic rings. The standard InChI is InChI=1S/C15H12N4S/c1-2-4-13-10(3-1)5-6-11-7-8-12(9-14(11)20-13)15-16-18-19-17-15/h1-4,7-9H,5-6H2,(H,16,17,18,19). The topological polar surface area (TPSA) is 54.5 Å². The molecule has 3 aromatic rings. The number of aromatic amines is 1. The van der Waals surface area contributed by atoms with Crippen molar-refractivity contribution >= 4 is 11.8 Å². The van der Waals surface area contributed by atoms with Crippen LogP contribution in [0, 0.1) is 0 Å². The molecule has 0 bridgehead atoms. The average Bonchev–Trinajstić information content (AvgIpc) is 2.95. The number of benzene rings is 2. The summed E-state index contributed by atoms with van der Waals surface area (Å²) in [6.45, 7) is 0. The molecule has 0 atom stereocenters. The van der Waals surface area contributed by atoms with Gasteiger partial charge in [-0.25, -0.2) is 5.10 Å². The van der Waals surface area contributed by atoms with Crippen molar-refractivity contribution in [3.63, 3.8) is 0 Å². The van der Waals surface area contributed by atoms with Gasteiger partial charge >= 0.3 is 0 Å². The Hall–Kier alpha value is -2.14. The zero-order valence-electron chi connectivity index (χ0n) is 10.7. The van der Waals surface area contributed by atoms with E-state index in [0.717, 1.165) is 18.4 Å². The fourth-order valence-corrected chi connectivity index (χ4v) is 3.65. The summed E-state index contributed by atoms with van der Waals surface area (Å²) in [5.41, 5.74) is 3.85. The molecule has 5 heteroatoms. The van der Waals surface area contributed by atoms with Gasteiger partial charge in [-0.3, -0.25) is 0 Å². The molecule has 2 aromatic carbocycles. The molecule has 2 heterocycles. The summed E-state index contributed by atoms with van der Waals surface area (Å²) in [6, 6.07) is 15.1. The van der Waals surface area contributed by atoms with Gasteiger partial charge < -0.3 is 0 Å². The highest BCUT2D eigenvalue weighted by molar-refractivity contribution is 7.99. The van der Waals surface area contributed by atoms with Crippen molar-refractivity contribution in [3.8, 4) is 11.4 Å². The highest BCUT2D eigenvalue weighted by Crippen LogP contribution is 2.38. The van der Waals surface area contributed by atoms with Crippen LogP contribution in [0.2, 0.25) is 0 Å². The van der Waals surface area contributed by atoms with E-state index in [-0.39, 0.29) is 0 Å². The van der Waals surface area contributed by atoms with Crippen LogP contribution in [0.3, 0.4) is 0 Å². The fourth-order valence-electron chi connectivity index (χ4n) is 2.48. The van der Waals surface area contributed by atoms with E-state index in [9.17, 15) is 0 Å². The van der Waals surface area contributed by atoms with Gasteiger partial charge in [-0.1, -0.05) is 42.1 Å². The normalized spacial score (nSPS) is 13.4. The fraction of sp³-hybridized carbons (Fsp3) is 0.133. The van der Waals surface area contributed by atoms with Gasteiger partial charge in [0.2, 0.25) is 0 Å². The van der Waals surface area contributed by atoms with Crippen molar-refractivity contribution in [1.82, 2.24) is 20.6 Å². The van der Waals surface area contributed by atoms with Gasteiger partial charge in [0.15, 0.2) is 5.82 Å². The third-order valence-corrected chi connectivity index (χ3v) is 4.76. The summed E-state index contributed by atoms with van der Waals surface area (Å²) in [5.74, 6) is 0.714. The Morgan fingerprint density at radius 3 is 2.65 bits per heavy atom. The lowest BCUT2D eigenvalue weighted by Crippen LogP contribution is -1.91. The van der Waals surface area contributed by atoms with Crippen molar-refractivity contribution in [2.24, 2.45) is 0 Å². The van der Waals surface area contributed by atoms with E-state index in [1.165, 1.54) is 20.9 Å². The first-order valence-corrected chi connectivity index (χ1v) is 7.34. The first kappa shape index (κ1) is 11.7. The van der Waals surface area contributed by atoms with Crippen molar-refractivity contribution < 1.29 is 0 Å². The van der Waals surface area contributed by atoms with Crippen molar-refractivity contribution in [1.29, 1.82) is 0 Å². The van der Waals surface area contributed by atoms with Crippen LogP contribution in [0.1, 0.15) is 11.1 Å². The molecule has 0 amide bonds. The van der Waals surface area contributed by atoms with Crippen LogP contribution in [0.4, 0.5) is 0 Å². The van der Waals surface area contributed by atoms with Gasteiger partial charge in [0.1, 0.15) is 0 Å². The van der Waals surface area contributed by atoms with Crippen LogP contribution >= 0.6 is 11.8 Å². The van der Waals surface area contributed by atoms with E-state index in [1.807, 2.05) is 11.8 Å². The van der Waals surface area contributed by atoms with Crippen LogP contribution in [0.5, 0.6) is 0 Å². The molecule has 4 nitrogen and oxygen atoms in total. The SMILES string of the molecule is c1ccc2c(c1)CCc1ccc(-c3nnn[nH]3)cc1S2. The Balaban J connectivity index is 1.79. The predicted molar refractivity (Wildman–Crippen MR) is 77.6 cm³/mol. The smallest absolute Gasteiger partial charge is 0.179 e. The molecule has 98 valence electrons. The Morgan fingerprint density at radius 1 is 0.950 bits per heavy atom. The molecule has 4 rings (SSSR count). The maximum absolute atomic E-state index is 3.98. The van der Waals surface area contributed by atoms with Gasteiger partial charge in [0, 0.05) is 15.4 Å². The van der Waals surface area contributed by atoms with E-state index >= 15 is 0 Å². The quantitative estimate of drug-likeness (QED) is 0.744. The number of aromatic nitrogens is 4. The van der Waals surface area contributed by atoms with Crippen LogP contribution in [-0.2, 0) is 12.8 Å². The van der Waals surface area contributed by atoms with E-state index in [0.29, 0.717) is 5.82 Å². The summed E-state index contributed by atoms with van der Waals surface area (Å²) < 4.78 is 0. The highest BCUT2D eigenvalue weighted by Gasteiger charge is 2.15. The van der Waals surface area contributed by atoms with Crippen LogP contribution in [-0.4, -0.2) is 20.6 Å². The number of tetrazole rings is 1. The second-order valence-electron chi connectivity index (χ2n) is 4.78.